The molecule has 1 aromatic rings. The summed E-state index contributed by atoms with van der Waals surface area (Å²) in [5, 5.41) is 9.27. The molecule has 0 aromatic heterocycles. The van der Waals surface area contributed by atoms with E-state index in [0.717, 1.165) is 5.56 Å². The second-order valence-corrected chi connectivity index (χ2v) is 4.65. The van der Waals surface area contributed by atoms with Crippen molar-refractivity contribution in [2.75, 3.05) is 26.9 Å². The number of rotatable bonds is 3. The molecule has 0 aliphatic carbocycles. The highest BCUT2D eigenvalue weighted by Gasteiger charge is 2.28. The quantitative estimate of drug-likeness (QED) is 0.895. The monoisotopic (exact) mass is 265 g/mol. The van der Waals surface area contributed by atoms with Crippen molar-refractivity contribution in [1.82, 2.24) is 4.90 Å². The molecule has 1 saturated heterocycles. The van der Waals surface area contributed by atoms with E-state index >= 15 is 0 Å². The van der Waals surface area contributed by atoms with Gasteiger partial charge in [-0.2, -0.15) is 0 Å². The summed E-state index contributed by atoms with van der Waals surface area (Å²) in [6.07, 6.45) is -0.515. The van der Waals surface area contributed by atoms with E-state index in [1.54, 1.807) is 24.1 Å². The Hall–Kier alpha value is -1.59. The van der Waals surface area contributed by atoms with Crippen LogP contribution in [-0.4, -0.2) is 48.9 Å². The number of aromatic hydroxyl groups is 1. The minimum atomic E-state index is -0.515. The molecule has 19 heavy (non-hydrogen) atoms. The molecule has 1 heterocycles. The van der Waals surface area contributed by atoms with Gasteiger partial charge in [0.2, 0.25) is 0 Å². The maximum absolute atomic E-state index is 12.3. The highest BCUT2D eigenvalue weighted by Crippen LogP contribution is 2.22. The Bertz CT molecular complexity index is 426. The zero-order valence-electron chi connectivity index (χ0n) is 11.2. The van der Waals surface area contributed by atoms with Crippen molar-refractivity contribution in [3.8, 4) is 5.75 Å². The zero-order chi connectivity index (χ0) is 13.8. The van der Waals surface area contributed by atoms with Gasteiger partial charge in [-0.15, -0.1) is 0 Å². The zero-order valence-corrected chi connectivity index (χ0v) is 11.2. The van der Waals surface area contributed by atoms with Crippen LogP contribution in [0.15, 0.2) is 24.3 Å². The first-order chi connectivity index (χ1) is 9.09. The van der Waals surface area contributed by atoms with Gasteiger partial charge < -0.3 is 19.5 Å². The highest BCUT2D eigenvalue weighted by atomic mass is 16.6. The van der Waals surface area contributed by atoms with Crippen molar-refractivity contribution in [2.24, 2.45) is 0 Å². The molecule has 1 amide bonds. The predicted octanol–water partition coefficient (Wildman–Crippen LogP) is 1.33. The van der Waals surface area contributed by atoms with Crippen LogP contribution < -0.4 is 0 Å². The van der Waals surface area contributed by atoms with E-state index < -0.39 is 6.10 Å². The summed E-state index contributed by atoms with van der Waals surface area (Å²) in [6.45, 7) is 3.25. The molecule has 2 rings (SSSR count). The minimum absolute atomic E-state index is 0.0831. The van der Waals surface area contributed by atoms with Crippen LogP contribution in [0.5, 0.6) is 5.75 Å². The van der Waals surface area contributed by atoms with Crippen LogP contribution >= 0.6 is 0 Å². The number of carbonyl (C=O) groups excluding carboxylic acids is 1. The SMILES string of the molecule is CC(c1ccc(O)cc1)N(C)C(=O)C1COCCO1. The van der Waals surface area contributed by atoms with Gasteiger partial charge in [0.1, 0.15) is 5.75 Å². The van der Waals surface area contributed by atoms with E-state index in [1.165, 1.54) is 0 Å². The van der Waals surface area contributed by atoms with Crippen molar-refractivity contribution in [2.45, 2.75) is 19.1 Å². The predicted molar refractivity (Wildman–Crippen MR) is 69.9 cm³/mol. The molecule has 104 valence electrons. The molecule has 1 aliphatic heterocycles. The molecule has 5 nitrogen and oxygen atoms in total. The summed E-state index contributed by atoms with van der Waals surface area (Å²) in [7, 11) is 1.75. The Morgan fingerprint density at radius 1 is 1.37 bits per heavy atom. The number of phenols is 1. The summed E-state index contributed by atoms with van der Waals surface area (Å²) in [5.74, 6) is 0.134. The van der Waals surface area contributed by atoms with Crippen LogP contribution in [-0.2, 0) is 14.3 Å². The summed E-state index contributed by atoms with van der Waals surface area (Å²) < 4.78 is 10.7. The fourth-order valence-corrected chi connectivity index (χ4v) is 2.02. The van der Waals surface area contributed by atoms with E-state index in [0.29, 0.717) is 19.8 Å². The molecular weight excluding hydrogens is 246 g/mol. The molecule has 0 bridgehead atoms. The first-order valence-corrected chi connectivity index (χ1v) is 6.34. The molecule has 0 spiro atoms. The van der Waals surface area contributed by atoms with Gasteiger partial charge in [0, 0.05) is 7.05 Å². The number of nitrogens with zero attached hydrogens (tertiary/aromatic N) is 1. The first kappa shape index (κ1) is 13.8. The lowest BCUT2D eigenvalue weighted by Gasteiger charge is -2.30. The lowest BCUT2D eigenvalue weighted by molar-refractivity contribution is -0.158. The Morgan fingerprint density at radius 3 is 2.63 bits per heavy atom. The average molecular weight is 265 g/mol. The fraction of sp³-hybridized carbons (Fsp3) is 0.500. The van der Waals surface area contributed by atoms with Crippen LogP contribution in [0.4, 0.5) is 0 Å². The molecule has 0 radical (unpaired) electrons. The van der Waals surface area contributed by atoms with Crippen LogP contribution in [0.1, 0.15) is 18.5 Å². The third-order valence-corrected chi connectivity index (χ3v) is 3.40. The van der Waals surface area contributed by atoms with Gasteiger partial charge >= 0.3 is 0 Å². The van der Waals surface area contributed by atoms with Gasteiger partial charge in [-0.05, 0) is 24.6 Å². The number of amides is 1. The number of hydrogen-bond acceptors (Lipinski definition) is 4. The van der Waals surface area contributed by atoms with Crippen LogP contribution in [0.3, 0.4) is 0 Å². The van der Waals surface area contributed by atoms with Gasteiger partial charge in [0.05, 0.1) is 25.9 Å². The second kappa shape index (κ2) is 6.04. The lowest BCUT2D eigenvalue weighted by atomic mass is 10.1. The molecule has 1 N–H and O–H groups in total. The van der Waals surface area contributed by atoms with Crippen molar-refractivity contribution in [1.29, 1.82) is 0 Å². The standard InChI is InChI=1S/C14H19NO4/c1-10(11-3-5-12(16)6-4-11)15(2)14(17)13-9-18-7-8-19-13/h3-6,10,13,16H,7-9H2,1-2H3. The van der Waals surface area contributed by atoms with Gasteiger partial charge in [-0.1, -0.05) is 12.1 Å². The molecule has 1 aromatic carbocycles. The van der Waals surface area contributed by atoms with Crippen molar-refractivity contribution >= 4 is 5.91 Å². The molecular formula is C14H19NO4. The summed E-state index contributed by atoms with van der Waals surface area (Å²) in [6, 6.07) is 6.76. The van der Waals surface area contributed by atoms with Crippen molar-refractivity contribution in [3.05, 3.63) is 29.8 Å². The third-order valence-electron chi connectivity index (χ3n) is 3.40. The van der Waals surface area contributed by atoms with Crippen LogP contribution in [0.2, 0.25) is 0 Å². The molecule has 1 aliphatic rings. The number of ether oxygens (including phenoxy) is 2. The molecule has 1 fully saturated rings. The Morgan fingerprint density at radius 2 is 2.05 bits per heavy atom. The van der Waals surface area contributed by atoms with Gasteiger partial charge in [-0.3, -0.25) is 4.79 Å². The maximum Gasteiger partial charge on any atom is 0.254 e. The average Bonchev–Trinajstić information content (AvgIpc) is 2.46. The summed E-state index contributed by atoms with van der Waals surface area (Å²) in [5.41, 5.74) is 0.963. The van der Waals surface area contributed by atoms with Crippen molar-refractivity contribution < 1.29 is 19.4 Å². The van der Waals surface area contributed by atoms with Crippen LogP contribution in [0.25, 0.3) is 0 Å². The van der Waals surface area contributed by atoms with E-state index in [4.69, 9.17) is 9.47 Å². The van der Waals surface area contributed by atoms with E-state index in [2.05, 4.69) is 0 Å². The number of likely N-dealkylation sites (N-methyl/N-ethyl adjacent to an activating group) is 1. The Balaban J connectivity index is 2.03. The Labute approximate surface area is 112 Å². The third kappa shape index (κ3) is 3.24. The van der Waals surface area contributed by atoms with Gasteiger partial charge in [0.25, 0.3) is 5.91 Å². The molecule has 5 heteroatoms. The smallest absolute Gasteiger partial charge is 0.254 e. The van der Waals surface area contributed by atoms with Gasteiger partial charge in [0.15, 0.2) is 6.10 Å². The lowest BCUT2D eigenvalue weighted by Crippen LogP contribution is -2.44. The first-order valence-electron chi connectivity index (χ1n) is 6.34. The van der Waals surface area contributed by atoms with E-state index in [1.807, 2.05) is 19.1 Å². The number of hydrogen-bond donors (Lipinski definition) is 1. The number of phenolic OH excluding ortho intramolecular Hbond substituents is 1. The van der Waals surface area contributed by atoms with Crippen molar-refractivity contribution in [3.63, 3.8) is 0 Å². The number of benzene rings is 1. The highest BCUT2D eigenvalue weighted by molar-refractivity contribution is 5.81. The normalized spacial score (nSPS) is 20.8. The minimum Gasteiger partial charge on any atom is -0.508 e. The largest absolute Gasteiger partial charge is 0.508 e. The topological polar surface area (TPSA) is 59.0 Å². The van der Waals surface area contributed by atoms with Gasteiger partial charge in [-0.25, -0.2) is 0 Å². The fourth-order valence-electron chi connectivity index (χ4n) is 2.02. The molecule has 0 saturated carbocycles. The van der Waals surface area contributed by atoms with E-state index in [-0.39, 0.29) is 17.7 Å². The maximum atomic E-state index is 12.3. The molecule has 2 unspecified atom stereocenters. The molecule has 2 atom stereocenters. The summed E-state index contributed by atoms with van der Waals surface area (Å²) in [4.78, 5) is 13.9. The summed E-state index contributed by atoms with van der Waals surface area (Å²) >= 11 is 0. The number of carbonyl (C=O) groups is 1. The van der Waals surface area contributed by atoms with E-state index in [9.17, 15) is 9.90 Å². The second-order valence-electron chi connectivity index (χ2n) is 4.65. The van der Waals surface area contributed by atoms with Crippen LogP contribution in [0, 0.1) is 0 Å². The Kier molecular flexibility index (Phi) is 4.39.